The lowest BCUT2D eigenvalue weighted by Crippen LogP contribution is -1.99. The smallest absolute Gasteiger partial charge is 0.255 e. The van der Waals surface area contributed by atoms with Crippen molar-refractivity contribution in [3.63, 3.8) is 0 Å². The predicted molar refractivity (Wildman–Crippen MR) is 88.4 cm³/mol. The van der Waals surface area contributed by atoms with Crippen molar-refractivity contribution in [3.8, 4) is 28.6 Å². The van der Waals surface area contributed by atoms with Crippen LogP contribution in [0.15, 0.2) is 28.9 Å². The molecule has 8 nitrogen and oxygen atoms in total. The number of aromatic amines is 1. The lowest BCUT2D eigenvalue weighted by atomic mass is 10.1. The summed E-state index contributed by atoms with van der Waals surface area (Å²) >= 11 is 6.28. The van der Waals surface area contributed by atoms with Gasteiger partial charge >= 0.3 is 0 Å². The van der Waals surface area contributed by atoms with Gasteiger partial charge in [0.15, 0.2) is 17.5 Å². The summed E-state index contributed by atoms with van der Waals surface area (Å²) in [5.74, 6) is 0.407. The minimum Gasteiger partial charge on any atom is -0.491 e. The molecule has 24 heavy (non-hydrogen) atoms. The molecule has 0 amide bonds. The van der Waals surface area contributed by atoms with E-state index in [1.807, 2.05) is 6.07 Å². The molecule has 0 aliphatic carbocycles. The molecule has 4 rings (SSSR count). The van der Waals surface area contributed by atoms with Gasteiger partial charge < -0.3 is 15.3 Å². The van der Waals surface area contributed by atoms with Gasteiger partial charge in [0.05, 0.1) is 22.9 Å². The molecule has 0 saturated heterocycles. The van der Waals surface area contributed by atoms with Crippen LogP contribution in [0.3, 0.4) is 0 Å². The summed E-state index contributed by atoms with van der Waals surface area (Å²) in [4.78, 5) is 12.4. The largest absolute Gasteiger partial charge is 0.491 e. The first kappa shape index (κ1) is 14.5. The fourth-order valence-corrected chi connectivity index (χ4v) is 2.70. The molecular weight excluding hydrogens is 332 g/mol. The Labute approximate surface area is 140 Å². The number of aromatic nitrogens is 5. The second kappa shape index (κ2) is 5.20. The first-order valence-corrected chi connectivity index (χ1v) is 7.33. The molecule has 0 fully saturated rings. The highest BCUT2D eigenvalue weighted by Crippen LogP contribution is 2.36. The quantitative estimate of drug-likeness (QED) is 0.511. The number of H-pyrrole nitrogens is 1. The van der Waals surface area contributed by atoms with Crippen molar-refractivity contribution in [2.24, 2.45) is 0 Å². The molecular formula is C15H11ClN6O2. The molecule has 1 aromatic carbocycles. The monoisotopic (exact) mass is 342 g/mol. The van der Waals surface area contributed by atoms with Crippen molar-refractivity contribution in [1.82, 2.24) is 25.1 Å². The number of aryl methyl sites for hydroxylation is 1. The Morgan fingerprint density at radius 2 is 2.04 bits per heavy atom. The molecule has 0 saturated carbocycles. The fraction of sp³-hybridized carbons (Fsp3) is 0.0667. The van der Waals surface area contributed by atoms with Crippen LogP contribution in [0.5, 0.6) is 5.88 Å². The number of anilines is 1. The molecule has 4 N–H and O–H groups in total. The Bertz CT molecular complexity index is 1070. The van der Waals surface area contributed by atoms with Gasteiger partial charge in [0.1, 0.15) is 11.4 Å². The van der Waals surface area contributed by atoms with E-state index in [0.717, 1.165) is 5.39 Å². The van der Waals surface area contributed by atoms with E-state index in [9.17, 15) is 5.11 Å². The van der Waals surface area contributed by atoms with Gasteiger partial charge in [-0.1, -0.05) is 11.6 Å². The zero-order valence-corrected chi connectivity index (χ0v) is 13.2. The van der Waals surface area contributed by atoms with Gasteiger partial charge in [-0.2, -0.15) is 5.10 Å². The van der Waals surface area contributed by atoms with Crippen molar-refractivity contribution in [2.45, 2.75) is 6.92 Å². The van der Waals surface area contributed by atoms with E-state index in [-0.39, 0.29) is 11.7 Å². The number of fused-ring (bicyclic) bond motifs is 1. The number of nitrogens with zero attached hydrogens (tertiary/aromatic N) is 4. The third-order valence-electron chi connectivity index (χ3n) is 3.53. The summed E-state index contributed by atoms with van der Waals surface area (Å²) < 4.78 is 5.53. The van der Waals surface area contributed by atoms with Crippen molar-refractivity contribution < 1.29 is 9.52 Å². The van der Waals surface area contributed by atoms with Gasteiger partial charge in [-0.3, -0.25) is 5.10 Å². The van der Waals surface area contributed by atoms with Crippen LogP contribution in [-0.4, -0.2) is 30.3 Å². The van der Waals surface area contributed by atoms with Crippen LogP contribution in [-0.2, 0) is 0 Å². The SMILES string of the molecule is Cc1ncc(-c2nc(N)c(O)nc2-c2cc(Cl)c3[nH]ncc3c2)o1. The first-order valence-electron chi connectivity index (χ1n) is 6.95. The molecule has 120 valence electrons. The number of hydrogen-bond acceptors (Lipinski definition) is 7. The molecule has 0 aliphatic rings. The highest BCUT2D eigenvalue weighted by Gasteiger charge is 2.19. The van der Waals surface area contributed by atoms with Gasteiger partial charge in [0.2, 0.25) is 0 Å². The summed E-state index contributed by atoms with van der Waals surface area (Å²) in [7, 11) is 0. The minimum atomic E-state index is -0.367. The maximum absolute atomic E-state index is 9.88. The molecule has 3 aromatic heterocycles. The maximum atomic E-state index is 9.88. The van der Waals surface area contributed by atoms with E-state index in [1.54, 1.807) is 19.2 Å². The number of nitrogens with two attached hydrogens (primary N) is 1. The number of oxazole rings is 1. The van der Waals surface area contributed by atoms with Crippen molar-refractivity contribution in [3.05, 3.63) is 35.4 Å². The second-order valence-electron chi connectivity index (χ2n) is 5.17. The summed E-state index contributed by atoms with van der Waals surface area (Å²) in [6.45, 7) is 1.72. The van der Waals surface area contributed by atoms with Gasteiger partial charge in [-0.15, -0.1) is 0 Å². The molecule has 0 unspecified atom stereocenters. The normalized spacial score (nSPS) is 11.2. The Kier molecular flexibility index (Phi) is 3.14. The van der Waals surface area contributed by atoms with Crippen LogP contribution in [0.25, 0.3) is 33.6 Å². The van der Waals surface area contributed by atoms with Gasteiger partial charge in [-0.05, 0) is 12.1 Å². The number of benzene rings is 1. The number of nitrogens with one attached hydrogen (secondary N) is 1. The van der Waals surface area contributed by atoms with Crippen molar-refractivity contribution in [1.29, 1.82) is 0 Å². The summed E-state index contributed by atoms with van der Waals surface area (Å²) in [6.07, 6.45) is 3.17. The van der Waals surface area contributed by atoms with E-state index >= 15 is 0 Å². The van der Waals surface area contributed by atoms with Gasteiger partial charge in [0, 0.05) is 17.9 Å². The summed E-state index contributed by atoms with van der Waals surface area (Å²) in [5, 5.41) is 17.9. The second-order valence-corrected chi connectivity index (χ2v) is 5.57. The number of aromatic hydroxyl groups is 1. The fourth-order valence-electron chi connectivity index (χ4n) is 2.43. The van der Waals surface area contributed by atoms with E-state index in [4.69, 9.17) is 21.8 Å². The van der Waals surface area contributed by atoms with Crippen LogP contribution in [0, 0.1) is 6.92 Å². The standard InChI is InChI=1S/C15H11ClN6O2/c1-6-18-5-10(24-6)13-12(21-15(23)14(17)20-13)7-2-8-4-19-22-11(8)9(16)3-7/h2-5H,1H3,(H2,17,20)(H,19,22)(H,21,23). The number of rotatable bonds is 2. The highest BCUT2D eigenvalue weighted by molar-refractivity contribution is 6.35. The average Bonchev–Trinajstić information content (AvgIpc) is 3.18. The highest BCUT2D eigenvalue weighted by atomic mass is 35.5. The van der Waals surface area contributed by atoms with E-state index in [1.165, 1.54) is 6.20 Å². The molecule has 0 radical (unpaired) electrons. The Morgan fingerprint density at radius 1 is 1.21 bits per heavy atom. The van der Waals surface area contributed by atoms with Crippen LogP contribution >= 0.6 is 11.6 Å². The Morgan fingerprint density at radius 3 is 2.79 bits per heavy atom. The molecule has 0 aliphatic heterocycles. The molecule has 0 bridgehead atoms. The van der Waals surface area contributed by atoms with E-state index in [0.29, 0.717) is 39.1 Å². The van der Waals surface area contributed by atoms with E-state index < -0.39 is 0 Å². The number of nitrogen functional groups attached to an aromatic ring is 1. The third-order valence-corrected chi connectivity index (χ3v) is 3.83. The molecule has 0 atom stereocenters. The van der Waals surface area contributed by atoms with Crippen LogP contribution in [0.1, 0.15) is 5.89 Å². The number of halogens is 1. The topological polar surface area (TPSA) is 127 Å². The minimum absolute atomic E-state index is 0.0988. The van der Waals surface area contributed by atoms with Crippen molar-refractivity contribution in [2.75, 3.05) is 5.73 Å². The average molecular weight is 343 g/mol. The molecule has 3 heterocycles. The van der Waals surface area contributed by atoms with Crippen molar-refractivity contribution >= 4 is 28.3 Å². The Balaban J connectivity index is 2.00. The summed E-state index contributed by atoms with van der Waals surface area (Å²) in [6, 6.07) is 3.53. The Hall–Kier alpha value is -3.13. The third kappa shape index (κ3) is 2.24. The number of hydrogen-bond donors (Lipinski definition) is 3. The zero-order chi connectivity index (χ0) is 16.8. The van der Waals surface area contributed by atoms with Gasteiger partial charge in [-0.25, -0.2) is 15.0 Å². The van der Waals surface area contributed by atoms with Crippen LogP contribution in [0.4, 0.5) is 5.82 Å². The van der Waals surface area contributed by atoms with Crippen LogP contribution in [0.2, 0.25) is 5.02 Å². The lowest BCUT2D eigenvalue weighted by Gasteiger charge is -2.09. The zero-order valence-electron chi connectivity index (χ0n) is 12.4. The van der Waals surface area contributed by atoms with Crippen LogP contribution < -0.4 is 5.73 Å². The maximum Gasteiger partial charge on any atom is 0.255 e. The molecule has 4 aromatic rings. The molecule has 0 spiro atoms. The van der Waals surface area contributed by atoms with Gasteiger partial charge in [0.25, 0.3) is 5.88 Å². The summed E-state index contributed by atoms with van der Waals surface area (Å²) in [5.41, 5.74) is 7.78. The lowest BCUT2D eigenvalue weighted by molar-refractivity contribution is 0.454. The van der Waals surface area contributed by atoms with E-state index in [2.05, 4.69) is 25.1 Å². The predicted octanol–water partition coefficient (Wildman–Crippen LogP) is 2.92. The first-order chi connectivity index (χ1) is 11.5. The molecule has 9 heteroatoms.